The number of benzene rings is 2. The lowest BCUT2D eigenvalue weighted by atomic mass is 10.0. The maximum Gasteiger partial charge on any atom is 0.407 e. The number of ether oxygens (including phenoxy) is 1. The van der Waals surface area contributed by atoms with E-state index in [0.717, 1.165) is 64.1 Å². The Morgan fingerprint density at radius 3 is 2.58 bits per heavy atom. The average Bonchev–Trinajstić information content (AvgIpc) is 3.88. The van der Waals surface area contributed by atoms with Gasteiger partial charge in [0.1, 0.15) is 29.8 Å². The molecule has 0 saturated carbocycles. The molecule has 1 aliphatic heterocycles. The third kappa shape index (κ3) is 11.3. The second kappa shape index (κ2) is 20.8. The van der Waals surface area contributed by atoms with E-state index < -0.39 is 18.2 Å². The van der Waals surface area contributed by atoms with E-state index in [1.54, 1.807) is 17.2 Å². The lowest BCUT2D eigenvalue weighted by molar-refractivity contribution is -0.138. The molecule has 1 aliphatic rings. The van der Waals surface area contributed by atoms with Crippen LogP contribution in [0.4, 0.5) is 4.79 Å². The van der Waals surface area contributed by atoms with Gasteiger partial charge in [0.25, 0.3) is 0 Å². The maximum absolute atomic E-state index is 13.6. The molecule has 4 aromatic rings. The number of imidazole rings is 2. The summed E-state index contributed by atoms with van der Waals surface area (Å²) in [6, 6.07) is 12.5. The first kappa shape index (κ1) is 42.2. The highest BCUT2D eigenvalue weighted by Gasteiger charge is 2.36. The van der Waals surface area contributed by atoms with Crippen molar-refractivity contribution in [1.29, 1.82) is 0 Å². The number of rotatable bonds is 16. The number of carbonyl (C=O) groups is 3. The van der Waals surface area contributed by atoms with Crippen molar-refractivity contribution < 1.29 is 19.1 Å². The molecule has 3 amide bonds. The van der Waals surface area contributed by atoms with Crippen molar-refractivity contribution in [3.05, 3.63) is 108 Å². The van der Waals surface area contributed by atoms with Gasteiger partial charge in [-0.2, -0.15) is 0 Å². The Labute approximate surface area is 335 Å². The molecule has 2 aromatic carbocycles. The van der Waals surface area contributed by atoms with Crippen molar-refractivity contribution in [2.75, 3.05) is 39.8 Å². The van der Waals surface area contributed by atoms with Gasteiger partial charge in [0.15, 0.2) is 0 Å². The van der Waals surface area contributed by atoms with Crippen molar-refractivity contribution in [2.45, 2.75) is 65.1 Å². The predicted molar refractivity (Wildman–Crippen MR) is 224 cm³/mol. The van der Waals surface area contributed by atoms with Crippen LogP contribution in [0.3, 0.4) is 0 Å². The summed E-state index contributed by atoms with van der Waals surface area (Å²) < 4.78 is 4.76. The maximum atomic E-state index is 13.6. The van der Waals surface area contributed by atoms with Crippen LogP contribution in [0.1, 0.15) is 69.4 Å². The van der Waals surface area contributed by atoms with Gasteiger partial charge in [-0.05, 0) is 73.7 Å². The molecule has 0 spiro atoms. The molecule has 13 heteroatoms. The van der Waals surface area contributed by atoms with Crippen LogP contribution < -0.4 is 21.3 Å². The van der Waals surface area contributed by atoms with E-state index in [9.17, 15) is 14.4 Å². The summed E-state index contributed by atoms with van der Waals surface area (Å²) in [7, 11) is 1.29. The summed E-state index contributed by atoms with van der Waals surface area (Å²) in [4.78, 5) is 56.5. The Bertz CT molecular complexity index is 2120. The third-order valence-electron chi connectivity index (χ3n) is 9.72. The normalized spacial score (nSPS) is 15.6. The van der Waals surface area contributed by atoms with Crippen LogP contribution in [-0.2, 0) is 20.7 Å². The molecule has 3 atom stereocenters. The number of methoxy groups -OCH3 is 1. The number of carbonyl (C=O) groups excluding carboxylic acids is 3. The number of allylic oxidation sites excluding steroid dienone is 3. The van der Waals surface area contributed by atoms with Gasteiger partial charge < -0.3 is 40.9 Å². The Kier molecular flexibility index (Phi) is 15.4. The number of nitrogens with one attached hydrogen (secondary N) is 6. The smallest absolute Gasteiger partial charge is 0.407 e. The van der Waals surface area contributed by atoms with Gasteiger partial charge in [0.2, 0.25) is 11.8 Å². The second-order valence-electron chi connectivity index (χ2n) is 14.2. The van der Waals surface area contributed by atoms with Crippen molar-refractivity contribution in [3.63, 3.8) is 0 Å². The van der Waals surface area contributed by atoms with Gasteiger partial charge in [0, 0.05) is 43.7 Å². The number of piperazine rings is 1. The number of aromatic amines is 2. The van der Waals surface area contributed by atoms with Crippen LogP contribution in [0.2, 0.25) is 0 Å². The Morgan fingerprint density at radius 2 is 1.86 bits per heavy atom. The van der Waals surface area contributed by atoms with Gasteiger partial charge in [-0.15, -0.1) is 0 Å². The van der Waals surface area contributed by atoms with Crippen molar-refractivity contribution >= 4 is 28.9 Å². The minimum Gasteiger partial charge on any atom is -0.453 e. The quantitative estimate of drug-likeness (QED) is 0.0506. The van der Waals surface area contributed by atoms with Crippen molar-refractivity contribution in [1.82, 2.24) is 46.1 Å². The summed E-state index contributed by atoms with van der Waals surface area (Å²) in [5, 5.41) is 12.4. The molecular formula is C44H55N9O4. The number of hydrogen-bond acceptors (Lipinski definition) is 8. The average molecular weight is 774 g/mol. The van der Waals surface area contributed by atoms with Gasteiger partial charge in [-0.3, -0.25) is 9.59 Å². The van der Waals surface area contributed by atoms with E-state index >= 15 is 0 Å². The first-order chi connectivity index (χ1) is 27.6. The minimum atomic E-state index is -0.714. The zero-order valence-electron chi connectivity index (χ0n) is 33.6. The molecule has 1 saturated heterocycles. The summed E-state index contributed by atoms with van der Waals surface area (Å²) in [5.74, 6) is 7.77. The number of hydrogen-bond donors (Lipinski definition) is 6. The second-order valence-corrected chi connectivity index (χ2v) is 14.2. The van der Waals surface area contributed by atoms with Crippen molar-refractivity contribution in [3.8, 4) is 23.1 Å². The number of likely N-dealkylation sites (N-methyl/N-ethyl adjacent to an activating group) is 1. The molecule has 5 rings (SSSR count). The molecular weight excluding hydrogens is 719 g/mol. The first-order valence-electron chi connectivity index (χ1n) is 19.6. The molecule has 3 unspecified atom stereocenters. The van der Waals surface area contributed by atoms with Crippen LogP contribution in [0.25, 0.3) is 22.3 Å². The first-order valence-corrected chi connectivity index (χ1v) is 19.6. The summed E-state index contributed by atoms with van der Waals surface area (Å²) in [5.41, 5.74) is 6.22. The Morgan fingerprint density at radius 1 is 1.09 bits per heavy atom. The Hall–Kier alpha value is -5.97. The number of unbranched alkanes of at least 4 members (excludes halogenated alkanes) is 1. The van der Waals surface area contributed by atoms with E-state index in [1.807, 2.05) is 88.4 Å². The largest absolute Gasteiger partial charge is 0.453 e. The summed E-state index contributed by atoms with van der Waals surface area (Å²) in [6.45, 7) is 14.4. The summed E-state index contributed by atoms with van der Waals surface area (Å²) >= 11 is 0. The van der Waals surface area contributed by atoms with Crippen LogP contribution in [-0.4, -0.2) is 94.7 Å². The molecule has 0 aliphatic carbocycles. The number of nitrogens with zero attached hydrogens (tertiary/aromatic N) is 3. The number of alkyl carbamates (subject to hydrolysis) is 1. The minimum absolute atomic E-state index is 0.0490. The fourth-order valence-electron chi connectivity index (χ4n) is 6.75. The van der Waals surface area contributed by atoms with Gasteiger partial charge in [-0.1, -0.05) is 75.6 Å². The monoisotopic (exact) mass is 773 g/mol. The highest BCUT2D eigenvalue weighted by atomic mass is 16.5. The van der Waals surface area contributed by atoms with Crippen molar-refractivity contribution in [2.24, 2.45) is 5.92 Å². The number of fused-ring (bicyclic) bond motifs is 1. The number of amides is 3. The van der Waals surface area contributed by atoms with E-state index in [0.29, 0.717) is 38.5 Å². The van der Waals surface area contributed by atoms with E-state index in [1.165, 1.54) is 7.11 Å². The van der Waals surface area contributed by atoms with E-state index in [2.05, 4.69) is 54.6 Å². The van der Waals surface area contributed by atoms with E-state index in [4.69, 9.17) is 9.72 Å². The van der Waals surface area contributed by atoms with Gasteiger partial charge in [-0.25, -0.2) is 14.8 Å². The molecule has 13 nitrogen and oxygen atoms in total. The number of H-pyrrole nitrogens is 2. The molecule has 300 valence electrons. The lowest BCUT2D eigenvalue weighted by Gasteiger charge is -2.38. The van der Waals surface area contributed by atoms with Crippen LogP contribution in [0.5, 0.6) is 0 Å². The van der Waals surface area contributed by atoms with Crippen LogP contribution in [0, 0.1) is 17.8 Å². The topological polar surface area (TPSA) is 169 Å². The van der Waals surface area contributed by atoms with E-state index in [-0.39, 0.29) is 23.8 Å². The van der Waals surface area contributed by atoms with Gasteiger partial charge in [0.05, 0.1) is 30.0 Å². The molecule has 3 heterocycles. The third-order valence-corrected chi connectivity index (χ3v) is 9.72. The molecule has 0 radical (unpaired) electrons. The fraction of sp³-hybridized carbons (Fsp3) is 0.386. The zero-order valence-corrected chi connectivity index (χ0v) is 33.6. The lowest BCUT2D eigenvalue weighted by Crippen LogP contribution is -2.57. The highest BCUT2D eigenvalue weighted by Crippen LogP contribution is 2.26. The molecule has 6 N–H and O–H groups in total. The number of aromatic nitrogens is 4. The zero-order chi connectivity index (χ0) is 40.7. The Balaban J connectivity index is 1.15. The van der Waals surface area contributed by atoms with Gasteiger partial charge >= 0.3 is 6.09 Å². The standard InChI is InChI=1S/C44H55N9O4/c1-7-12-33(13-8-2)40(46-9-3)42(54)47-23-11-10-14-38-49-34-22-19-31(26-35(34)50-38)16-15-30-17-20-32(21-18-30)36-27-48-41(51-36)37-28-45-24-25-53(37)43(55)39(29(4)5)52-44(56)57-6/h7-8,12-13,17-22,26-27,29,37,39-40,45-46H,1,9-11,14,23-25,28H2,2-6H3,(H,47,54)(H,48,51)(H,49,50)(H,52,56)/b13-8-,33-12+. The highest BCUT2D eigenvalue weighted by molar-refractivity contribution is 5.87. The molecule has 57 heavy (non-hydrogen) atoms. The molecule has 2 aromatic heterocycles. The predicted octanol–water partition coefficient (Wildman–Crippen LogP) is 5.31. The van der Waals surface area contributed by atoms with Crippen LogP contribution in [0.15, 0.2) is 85.1 Å². The number of aryl methyl sites for hydroxylation is 1. The molecule has 0 bridgehead atoms. The summed E-state index contributed by atoms with van der Waals surface area (Å²) in [6.07, 6.45) is 11.0. The van der Waals surface area contributed by atoms with Crippen LogP contribution >= 0.6 is 0 Å². The SMILES string of the molecule is C=C/C=C(\C=C/C)C(NCC)C(=O)NCCCCc1nc2ccc(C#Cc3ccc(-c4cnc(C5CNCCN5C(=O)C(NC(=O)OC)C(C)C)[nH]4)cc3)cc2[nH]1. The fourth-order valence-corrected chi connectivity index (χ4v) is 6.75. The molecule has 1 fully saturated rings.